The number of fused-ring (bicyclic) bond motifs is 1. The van der Waals surface area contributed by atoms with Crippen LogP contribution in [0.4, 0.5) is 23.4 Å². The van der Waals surface area contributed by atoms with E-state index in [1.807, 2.05) is 0 Å². The number of β-amino-alcohol motifs (C(OH)–C–C–N with tert-alkyl or cyclic N) is 1. The number of rotatable bonds is 5. The monoisotopic (exact) mass is 526 g/mol. The van der Waals surface area contributed by atoms with Gasteiger partial charge in [0.2, 0.25) is 11.3 Å². The summed E-state index contributed by atoms with van der Waals surface area (Å²) in [6.45, 7) is 1.16. The number of hydrogen-bond donors (Lipinski definition) is 2. The summed E-state index contributed by atoms with van der Waals surface area (Å²) in [5, 5.41) is 11.2. The number of aromatic nitrogens is 2. The van der Waals surface area contributed by atoms with Gasteiger partial charge in [0, 0.05) is 6.20 Å². The zero-order chi connectivity index (χ0) is 26.4. The summed E-state index contributed by atoms with van der Waals surface area (Å²) in [7, 11) is 0. The first-order valence-electron chi connectivity index (χ1n) is 10.8. The number of carbonyl (C=O) groups is 2. The van der Waals surface area contributed by atoms with E-state index < -0.39 is 53.4 Å². The van der Waals surface area contributed by atoms with Crippen molar-refractivity contribution in [3.05, 3.63) is 63.2 Å². The Hall–Kier alpha value is -3.51. The number of para-hydroxylation sites is 1. The minimum atomic E-state index is -4.75. The molecule has 2 N–H and O–H groups in total. The Morgan fingerprint density at radius 3 is 2.58 bits per heavy atom. The molecule has 36 heavy (non-hydrogen) atoms. The Morgan fingerprint density at radius 1 is 1.28 bits per heavy atom. The van der Waals surface area contributed by atoms with Gasteiger partial charge in [-0.15, -0.1) is 0 Å². The quantitative estimate of drug-likeness (QED) is 0.496. The summed E-state index contributed by atoms with van der Waals surface area (Å²) in [4.78, 5) is 43.6. The van der Waals surface area contributed by atoms with Crippen LogP contribution in [0.5, 0.6) is 0 Å². The highest BCUT2D eigenvalue weighted by molar-refractivity contribution is 6.32. The lowest BCUT2D eigenvalue weighted by Crippen LogP contribution is -2.46. The largest absolute Gasteiger partial charge is 0.408 e. The van der Waals surface area contributed by atoms with Crippen molar-refractivity contribution >= 4 is 40.3 Å². The molecule has 0 unspecified atom stereocenters. The minimum Gasteiger partial charge on any atom is -0.391 e. The molecule has 1 aliphatic heterocycles. The maximum Gasteiger partial charge on any atom is 0.408 e. The highest BCUT2D eigenvalue weighted by Gasteiger charge is 2.40. The lowest BCUT2D eigenvalue weighted by Gasteiger charge is -2.21. The molecule has 8 nitrogen and oxygen atoms in total. The summed E-state index contributed by atoms with van der Waals surface area (Å²) >= 11 is 6.20. The molecule has 2 atom stereocenters. The van der Waals surface area contributed by atoms with Crippen molar-refractivity contribution in [2.45, 2.75) is 38.1 Å². The Kier molecular flexibility index (Phi) is 6.76. The number of alkyl halides is 3. The molecule has 1 saturated heterocycles. The van der Waals surface area contributed by atoms with E-state index in [0.717, 1.165) is 16.8 Å². The molecule has 13 heteroatoms. The molecule has 3 aromatic rings. The van der Waals surface area contributed by atoms with Gasteiger partial charge in [0.05, 0.1) is 29.5 Å². The molecule has 190 valence electrons. The summed E-state index contributed by atoms with van der Waals surface area (Å²) in [5.41, 5.74) is -2.14. The number of amides is 2. The van der Waals surface area contributed by atoms with Crippen LogP contribution < -0.4 is 15.6 Å². The molecular weight excluding hydrogens is 508 g/mol. The van der Waals surface area contributed by atoms with Crippen LogP contribution in [0.2, 0.25) is 5.02 Å². The van der Waals surface area contributed by atoms with Crippen molar-refractivity contribution in [1.29, 1.82) is 0 Å². The fourth-order valence-electron chi connectivity index (χ4n) is 3.96. The zero-order valence-electron chi connectivity index (χ0n) is 18.6. The summed E-state index contributed by atoms with van der Waals surface area (Å²) in [6, 6.07) is 4.02. The number of benzene rings is 1. The molecule has 0 saturated carbocycles. The van der Waals surface area contributed by atoms with Crippen LogP contribution >= 0.6 is 11.6 Å². The molecule has 1 fully saturated rings. The third-order valence-electron chi connectivity index (χ3n) is 5.75. The molecule has 0 aliphatic carbocycles. The van der Waals surface area contributed by atoms with Gasteiger partial charge in [0.1, 0.15) is 28.9 Å². The number of hydrogen-bond acceptors (Lipinski definition) is 5. The fourth-order valence-corrected chi connectivity index (χ4v) is 4.21. The van der Waals surface area contributed by atoms with Crippen LogP contribution in [-0.4, -0.2) is 51.3 Å². The lowest BCUT2D eigenvalue weighted by atomic mass is 10.1. The van der Waals surface area contributed by atoms with Crippen molar-refractivity contribution in [2.75, 3.05) is 11.4 Å². The third-order valence-corrected chi connectivity index (χ3v) is 6.05. The van der Waals surface area contributed by atoms with Crippen molar-refractivity contribution < 1.29 is 32.3 Å². The summed E-state index contributed by atoms with van der Waals surface area (Å²) in [6.07, 6.45) is -5.42. The number of aliphatic hydroxyl groups is 1. The summed E-state index contributed by atoms with van der Waals surface area (Å²) in [5.74, 6) is -2.56. The minimum absolute atomic E-state index is 0.0463. The SMILES string of the molecule is CC[C@@H](NC(=O)c1cn(-c2c(F)cccc2Cl)c2nc(N3C[C@@H](O)CC3=O)ccc2c1=O)C(F)(F)F. The van der Waals surface area contributed by atoms with Crippen LogP contribution in [0.3, 0.4) is 0 Å². The van der Waals surface area contributed by atoms with Crippen molar-refractivity contribution in [3.63, 3.8) is 0 Å². The van der Waals surface area contributed by atoms with Gasteiger partial charge in [-0.2, -0.15) is 13.2 Å². The van der Waals surface area contributed by atoms with Gasteiger partial charge in [-0.25, -0.2) is 9.37 Å². The van der Waals surface area contributed by atoms with Gasteiger partial charge in [0.25, 0.3) is 5.91 Å². The Balaban J connectivity index is 1.95. The molecule has 4 rings (SSSR count). The van der Waals surface area contributed by atoms with Gasteiger partial charge in [-0.3, -0.25) is 23.9 Å². The second-order valence-electron chi connectivity index (χ2n) is 8.19. The Morgan fingerprint density at radius 2 is 2.00 bits per heavy atom. The molecule has 2 amide bonds. The first-order valence-corrected chi connectivity index (χ1v) is 11.2. The van der Waals surface area contributed by atoms with Crippen LogP contribution in [0.1, 0.15) is 30.1 Å². The average Bonchev–Trinajstić information content (AvgIpc) is 3.15. The molecule has 0 bridgehead atoms. The standard InChI is InChI=1S/C23H19ClF4N4O4/c1-2-16(23(26,27)28)29-22(36)13-10-32(19-14(24)4-3-5-15(19)25)21-12(20(13)35)6-7-17(30-21)31-9-11(33)8-18(31)34/h3-7,10-11,16,33H,2,8-9H2,1H3,(H,29,36)/t11-,16+/m0/s1. The number of anilines is 1. The zero-order valence-corrected chi connectivity index (χ0v) is 19.4. The van der Waals surface area contributed by atoms with Crippen molar-refractivity contribution in [2.24, 2.45) is 0 Å². The Labute approximate surface area is 206 Å². The number of pyridine rings is 2. The summed E-state index contributed by atoms with van der Waals surface area (Å²) < 4.78 is 55.5. The number of nitrogens with one attached hydrogen (secondary N) is 1. The third kappa shape index (κ3) is 4.65. The molecule has 3 heterocycles. The average molecular weight is 527 g/mol. The van der Waals surface area contributed by atoms with Crippen LogP contribution in [-0.2, 0) is 4.79 Å². The van der Waals surface area contributed by atoms with E-state index >= 15 is 0 Å². The lowest BCUT2D eigenvalue weighted by molar-refractivity contribution is -0.153. The number of nitrogens with zero attached hydrogens (tertiary/aromatic N) is 3. The first-order chi connectivity index (χ1) is 16.9. The second-order valence-corrected chi connectivity index (χ2v) is 8.60. The van der Waals surface area contributed by atoms with Crippen LogP contribution in [0.15, 0.2) is 41.3 Å². The van der Waals surface area contributed by atoms with E-state index in [1.165, 1.54) is 36.1 Å². The van der Waals surface area contributed by atoms with Gasteiger partial charge in [0.15, 0.2) is 5.65 Å². The van der Waals surface area contributed by atoms with E-state index in [2.05, 4.69) is 4.98 Å². The van der Waals surface area contributed by atoms with Crippen molar-refractivity contribution in [1.82, 2.24) is 14.9 Å². The van der Waals surface area contributed by atoms with E-state index in [-0.39, 0.29) is 40.5 Å². The molecule has 1 aliphatic rings. The van der Waals surface area contributed by atoms with E-state index in [9.17, 15) is 37.1 Å². The van der Waals surface area contributed by atoms with Gasteiger partial charge >= 0.3 is 6.18 Å². The maximum atomic E-state index is 14.9. The maximum absolute atomic E-state index is 14.9. The predicted octanol–water partition coefficient (Wildman–Crippen LogP) is 3.35. The molecular formula is C23H19ClF4N4O4. The number of halogens is 5. The second kappa shape index (κ2) is 9.51. The smallest absolute Gasteiger partial charge is 0.391 e. The highest BCUT2D eigenvalue weighted by Crippen LogP contribution is 2.29. The molecule has 0 spiro atoms. The molecule has 0 radical (unpaired) electrons. The topological polar surface area (TPSA) is 105 Å². The van der Waals surface area contributed by atoms with Gasteiger partial charge in [-0.1, -0.05) is 24.6 Å². The highest BCUT2D eigenvalue weighted by atomic mass is 35.5. The van der Waals surface area contributed by atoms with E-state index in [1.54, 1.807) is 5.32 Å². The Bertz CT molecular complexity index is 1410. The van der Waals surface area contributed by atoms with Crippen LogP contribution in [0.25, 0.3) is 16.7 Å². The first kappa shape index (κ1) is 25.6. The van der Waals surface area contributed by atoms with E-state index in [0.29, 0.717) is 0 Å². The fraction of sp³-hybridized carbons (Fsp3) is 0.304. The van der Waals surface area contributed by atoms with Crippen LogP contribution in [0, 0.1) is 5.82 Å². The molecule has 1 aromatic carbocycles. The normalized spacial score (nSPS) is 17.0. The predicted molar refractivity (Wildman–Crippen MR) is 123 cm³/mol. The van der Waals surface area contributed by atoms with Crippen molar-refractivity contribution in [3.8, 4) is 5.69 Å². The number of aliphatic hydroxyl groups excluding tert-OH is 1. The molecule has 2 aromatic heterocycles. The van der Waals surface area contributed by atoms with Gasteiger partial charge in [-0.05, 0) is 30.7 Å². The van der Waals surface area contributed by atoms with Gasteiger partial charge < -0.3 is 10.4 Å². The number of carbonyl (C=O) groups excluding carboxylic acids is 2. The van der Waals surface area contributed by atoms with E-state index in [4.69, 9.17) is 11.6 Å².